The van der Waals surface area contributed by atoms with Crippen molar-refractivity contribution < 1.29 is 37.7 Å². The zero-order chi connectivity index (χ0) is 47.0. The van der Waals surface area contributed by atoms with E-state index in [9.17, 15) is 4.79 Å². The normalized spacial score (nSPS) is 14.3. The largest absolute Gasteiger partial charge is 0.462 e. The molecule has 64 heavy (non-hydrogen) atoms. The van der Waals surface area contributed by atoms with Crippen molar-refractivity contribution in [2.75, 3.05) is 53.7 Å². The zero-order valence-electron chi connectivity index (χ0n) is 43.7. The van der Waals surface area contributed by atoms with E-state index in [1.807, 2.05) is 13.8 Å². The number of esters is 1. The average molecular weight is 907 g/mol. The first-order valence-electron chi connectivity index (χ1n) is 27.2. The van der Waals surface area contributed by atoms with Crippen molar-refractivity contribution in [2.45, 2.75) is 265 Å². The van der Waals surface area contributed by atoms with Gasteiger partial charge in [0, 0.05) is 26.6 Å². The fourth-order valence-electron chi connectivity index (χ4n) is 7.68. The van der Waals surface area contributed by atoms with Gasteiger partial charge in [-0.05, 0) is 90.9 Å². The van der Waals surface area contributed by atoms with Crippen LogP contribution >= 0.6 is 0 Å². The molecule has 0 rings (SSSR count). The van der Waals surface area contributed by atoms with Gasteiger partial charge in [-0.2, -0.15) is 0 Å². The smallest absolute Gasteiger partial charge is 0.306 e. The predicted molar refractivity (Wildman–Crippen MR) is 273 cm³/mol. The molecule has 0 radical (unpaired) electrons. The van der Waals surface area contributed by atoms with E-state index in [0.29, 0.717) is 26.2 Å². The summed E-state index contributed by atoms with van der Waals surface area (Å²) >= 11 is 0. The molecule has 3 unspecified atom stereocenters. The molecule has 8 nitrogen and oxygen atoms in total. The van der Waals surface area contributed by atoms with Crippen LogP contribution in [0.15, 0.2) is 36.5 Å². The van der Waals surface area contributed by atoms with Gasteiger partial charge >= 0.3 is 5.97 Å². The van der Waals surface area contributed by atoms with Crippen molar-refractivity contribution >= 4 is 5.97 Å². The Kier molecular flexibility index (Phi) is 46.8. The lowest BCUT2D eigenvalue weighted by molar-refractivity contribution is -0.935. The summed E-state index contributed by atoms with van der Waals surface area (Å²) in [7, 11) is 4.40. The molecule has 0 aliphatic rings. The fraction of sp³-hybridized carbons (Fsp3) is 0.875. The number of ether oxygens (including phenoxy) is 6. The Balaban J connectivity index is 4.52. The molecule has 0 spiro atoms. The van der Waals surface area contributed by atoms with Crippen molar-refractivity contribution in [3.63, 3.8) is 0 Å². The van der Waals surface area contributed by atoms with Gasteiger partial charge in [-0.15, -0.1) is 0 Å². The third kappa shape index (κ3) is 44.3. The number of hydrogen-bond donors (Lipinski definition) is 0. The maximum Gasteiger partial charge on any atom is 0.306 e. The fourth-order valence-corrected chi connectivity index (χ4v) is 7.68. The molecule has 3 atom stereocenters. The van der Waals surface area contributed by atoms with Gasteiger partial charge in [0.25, 0.3) is 0 Å². The highest BCUT2D eigenvalue weighted by molar-refractivity contribution is 5.69. The van der Waals surface area contributed by atoms with E-state index in [-0.39, 0.29) is 30.9 Å². The first kappa shape index (κ1) is 62.4. The SMILES string of the molecule is CCCCCC/C=C\COC(C)OCCCCCCCCC(CCCCCCCCOC(C)OC/C=C\CCCCCC)OC(=O)CCC[N+](C)(C)C(C)OC/C=C\CCCCCC. The molecule has 0 aromatic heterocycles. The molecule has 0 aliphatic carbocycles. The maximum absolute atomic E-state index is 13.2. The number of hydrogen-bond acceptors (Lipinski definition) is 7. The third-order valence-corrected chi connectivity index (χ3v) is 12.4. The summed E-state index contributed by atoms with van der Waals surface area (Å²) in [6, 6.07) is 0. The average Bonchev–Trinajstić information content (AvgIpc) is 3.27. The van der Waals surface area contributed by atoms with Crippen LogP contribution in [0.1, 0.15) is 241 Å². The molecule has 0 N–H and O–H groups in total. The van der Waals surface area contributed by atoms with Crippen molar-refractivity contribution in [3.05, 3.63) is 36.5 Å². The minimum atomic E-state index is -0.161. The number of quaternary nitrogens is 1. The predicted octanol–water partition coefficient (Wildman–Crippen LogP) is 15.9. The van der Waals surface area contributed by atoms with Crippen molar-refractivity contribution in [1.82, 2.24) is 0 Å². The number of allylic oxidation sites excluding steroid dienone is 3. The van der Waals surface area contributed by atoms with Gasteiger partial charge in [0.05, 0.1) is 46.9 Å². The van der Waals surface area contributed by atoms with Gasteiger partial charge in [0.1, 0.15) is 6.10 Å². The van der Waals surface area contributed by atoms with Crippen LogP contribution in [0.3, 0.4) is 0 Å². The van der Waals surface area contributed by atoms with Crippen LogP contribution in [0, 0.1) is 0 Å². The number of carbonyl (C=O) groups is 1. The maximum atomic E-state index is 13.2. The van der Waals surface area contributed by atoms with Crippen molar-refractivity contribution in [2.24, 2.45) is 0 Å². The number of rotatable bonds is 50. The number of carbonyl (C=O) groups excluding carboxylic acids is 1. The second kappa shape index (κ2) is 47.9. The van der Waals surface area contributed by atoms with E-state index < -0.39 is 0 Å². The Bertz CT molecular complexity index is 1010. The summed E-state index contributed by atoms with van der Waals surface area (Å²) in [6.07, 6.45) is 48.9. The van der Waals surface area contributed by atoms with Crippen molar-refractivity contribution in [3.8, 4) is 0 Å². The molecular formula is C56H108NO7+. The Morgan fingerprint density at radius 3 is 1.23 bits per heavy atom. The van der Waals surface area contributed by atoms with Crippen LogP contribution in [0.2, 0.25) is 0 Å². The van der Waals surface area contributed by atoms with Gasteiger partial charge < -0.3 is 32.9 Å². The zero-order valence-corrected chi connectivity index (χ0v) is 43.7. The highest BCUT2D eigenvalue weighted by atomic mass is 16.7. The summed E-state index contributed by atoms with van der Waals surface area (Å²) in [5.74, 6) is -0.0437. The first-order chi connectivity index (χ1) is 31.2. The first-order valence-corrected chi connectivity index (χ1v) is 27.2. The molecule has 0 heterocycles. The number of nitrogens with zero attached hydrogens (tertiary/aromatic N) is 1. The van der Waals surface area contributed by atoms with Crippen LogP contribution in [-0.4, -0.2) is 89.0 Å². The van der Waals surface area contributed by atoms with Gasteiger partial charge in [0.2, 0.25) is 0 Å². The molecule has 0 fully saturated rings. The summed E-state index contributed by atoms with van der Waals surface area (Å²) < 4.78 is 36.4. The minimum absolute atomic E-state index is 0.0163. The summed E-state index contributed by atoms with van der Waals surface area (Å²) in [6.45, 7) is 17.1. The van der Waals surface area contributed by atoms with Gasteiger partial charge in [0.15, 0.2) is 18.8 Å². The Hall–Kier alpha value is -1.55. The molecule has 0 amide bonds. The highest BCUT2D eigenvalue weighted by Gasteiger charge is 2.25. The van der Waals surface area contributed by atoms with Gasteiger partial charge in [-0.25, -0.2) is 0 Å². The van der Waals surface area contributed by atoms with Crippen LogP contribution < -0.4 is 0 Å². The van der Waals surface area contributed by atoms with Crippen LogP contribution in [0.4, 0.5) is 0 Å². The summed E-state index contributed by atoms with van der Waals surface area (Å²) in [5, 5.41) is 0. The lowest BCUT2D eigenvalue weighted by atomic mass is 10.0. The number of unbranched alkanes of at least 4 members (excludes halogenated alkanes) is 22. The van der Waals surface area contributed by atoms with Crippen LogP contribution in [-0.2, 0) is 33.2 Å². The van der Waals surface area contributed by atoms with Gasteiger partial charge in [-0.1, -0.05) is 166 Å². The van der Waals surface area contributed by atoms with Crippen molar-refractivity contribution in [1.29, 1.82) is 0 Å². The van der Waals surface area contributed by atoms with Crippen LogP contribution in [0.5, 0.6) is 0 Å². The third-order valence-electron chi connectivity index (χ3n) is 12.4. The molecule has 0 saturated carbocycles. The summed E-state index contributed by atoms with van der Waals surface area (Å²) in [5.41, 5.74) is 0. The van der Waals surface area contributed by atoms with E-state index in [4.69, 9.17) is 28.4 Å². The quantitative estimate of drug-likeness (QED) is 0.0198. The Morgan fingerprint density at radius 1 is 0.438 bits per heavy atom. The lowest BCUT2D eigenvalue weighted by Crippen LogP contribution is -2.49. The van der Waals surface area contributed by atoms with E-state index in [0.717, 1.165) is 88.4 Å². The molecule has 0 aliphatic heterocycles. The Morgan fingerprint density at radius 2 is 0.812 bits per heavy atom. The Labute approximate surface area is 398 Å². The molecule has 8 heteroatoms. The molecule has 0 aromatic carbocycles. The second-order valence-electron chi connectivity index (χ2n) is 19.0. The minimum Gasteiger partial charge on any atom is -0.462 e. The van der Waals surface area contributed by atoms with Crippen LogP contribution in [0.25, 0.3) is 0 Å². The summed E-state index contributed by atoms with van der Waals surface area (Å²) in [4.78, 5) is 13.2. The molecular weight excluding hydrogens is 799 g/mol. The molecule has 0 bridgehead atoms. The molecule has 378 valence electrons. The van der Waals surface area contributed by atoms with E-state index in [2.05, 4.69) is 78.2 Å². The molecule has 0 saturated heterocycles. The van der Waals surface area contributed by atoms with E-state index in [1.165, 1.54) is 128 Å². The second-order valence-corrected chi connectivity index (χ2v) is 19.0. The molecule has 0 aromatic rings. The topological polar surface area (TPSA) is 72.5 Å². The standard InChI is InChI=1S/C56H108NO7/c1-9-12-15-18-23-30-37-47-59-52(4)57(7,8)46-42-45-56(58)64-55(43-35-28-21-26-33-40-50-62-53(5)60-48-38-31-24-19-16-13-10-2)44-36-29-22-27-34-41-51-63-54(6)61-49-39-32-25-20-17-14-11-3/h30-32,37-39,52-55H,9-29,33-36,40-51H2,1-8H3/q+1/b37-30-,38-31-,39-32-. The van der Waals surface area contributed by atoms with E-state index in [1.54, 1.807) is 0 Å². The highest BCUT2D eigenvalue weighted by Crippen LogP contribution is 2.19. The van der Waals surface area contributed by atoms with E-state index >= 15 is 0 Å². The monoisotopic (exact) mass is 907 g/mol. The lowest BCUT2D eigenvalue weighted by Gasteiger charge is -2.35. The van der Waals surface area contributed by atoms with Gasteiger partial charge in [-0.3, -0.25) is 4.79 Å².